The molecule has 5 nitrogen and oxygen atoms in total. The summed E-state index contributed by atoms with van der Waals surface area (Å²) in [5.74, 6) is -1.37. The van der Waals surface area contributed by atoms with Crippen LogP contribution in [-0.2, 0) is 14.8 Å². The first-order valence-electron chi connectivity index (χ1n) is 6.83. The summed E-state index contributed by atoms with van der Waals surface area (Å²) in [4.78, 5) is 11.2. The topological polar surface area (TPSA) is 77.5 Å². The highest BCUT2D eigenvalue weighted by molar-refractivity contribution is 7.89. The second-order valence-electron chi connectivity index (χ2n) is 5.19. The van der Waals surface area contributed by atoms with Crippen molar-refractivity contribution < 1.29 is 18.3 Å². The summed E-state index contributed by atoms with van der Waals surface area (Å²) >= 11 is 6.16. The molecule has 0 bridgehead atoms. The van der Waals surface area contributed by atoms with Crippen LogP contribution in [0, 0.1) is 0 Å². The molecule has 1 fully saturated rings. The predicted molar refractivity (Wildman–Crippen MR) is 80.9 cm³/mol. The maximum absolute atomic E-state index is 12.9. The number of halogens is 1. The minimum absolute atomic E-state index is 0.0313. The molecule has 1 aliphatic rings. The Labute approximate surface area is 133 Å². The van der Waals surface area contributed by atoms with Crippen molar-refractivity contribution in [3.05, 3.63) is 41.4 Å². The minimum Gasteiger partial charge on any atom is -0.548 e. The lowest BCUT2D eigenvalue weighted by atomic mass is 10.1. The highest BCUT2D eigenvalue weighted by Gasteiger charge is 2.37. The molecule has 1 heterocycles. The summed E-state index contributed by atoms with van der Waals surface area (Å²) in [6.45, 7) is 0.168. The highest BCUT2D eigenvalue weighted by Crippen LogP contribution is 2.34. The van der Waals surface area contributed by atoms with Crippen molar-refractivity contribution in [1.82, 2.24) is 4.31 Å². The van der Waals surface area contributed by atoms with Crippen molar-refractivity contribution in [3.63, 3.8) is 0 Å². The SMILES string of the molecule is O=C([O-])[C@H]1CCCN1S(=O)(=O)c1cccc2cccc(Cl)c12. The fourth-order valence-electron chi connectivity index (χ4n) is 2.87. The Hall–Kier alpha value is -1.63. The van der Waals surface area contributed by atoms with E-state index in [1.165, 1.54) is 6.07 Å². The molecule has 1 saturated heterocycles. The molecule has 0 unspecified atom stereocenters. The Morgan fingerprint density at radius 2 is 1.91 bits per heavy atom. The Bertz CT molecular complexity index is 844. The number of sulfonamides is 1. The molecule has 1 atom stereocenters. The number of carbonyl (C=O) groups is 1. The minimum atomic E-state index is -3.95. The summed E-state index contributed by atoms with van der Waals surface area (Å²) in [6.07, 6.45) is 0.760. The maximum atomic E-state index is 12.9. The third-order valence-corrected chi connectivity index (χ3v) is 6.14. The average Bonchev–Trinajstić information content (AvgIpc) is 2.97. The second kappa shape index (κ2) is 5.53. The van der Waals surface area contributed by atoms with Gasteiger partial charge < -0.3 is 9.90 Å². The van der Waals surface area contributed by atoms with Crippen LogP contribution in [0.2, 0.25) is 5.02 Å². The quantitative estimate of drug-likeness (QED) is 0.847. The molecule has 1 aliphatic heterocycles. The van der Waals surface area contributed by atoms with E-state index in [9.17, 15) is 18.3 Å². The molecule has 7 heteroatoms. The van der Waals surface area contributed by atoms with Crippen LogP contribution < -0.4 is 5.11 Å². The van der Waals surface area contributed by atoms with Crippen molar-refractivity contribution in [2.24, 2.45) is 0 Å². The lowest BCUT2D eigenvalue weighted by Gasteiger charge is -2.25. The Balaban J connectivity index is 2.20. The van der Waals surface area contributed by atoms with E-state index in [1.807, 2.05) is 0 Å². The Morgan fingerprint density at radius 3 is 2.59 bits per heavy atom. The van der Waals surface area contributed by atoms with Gasteiger partial charge in [-0.3, -0.25) is 0 Å². The predicted octanol–water partition coefficient (Wildman–Crippen LogP) is 1.40. The standard InChI is InChI=1S/C15H14ClNO4S/c16-11-6-1-4-10-5-2-8-13(14(10)11)22(20,21)17-9-3-7-12(17)15(18)19/h1-2,4-6,8,12H,3,7,9H2,(H,18,19)/p-1/t12-/m1/s1. The van der Waals surface area contributed by atoms with Gasteiger partial charge in [0.25, 0.3) is 0 Å². The largest absolute Gasteiger partial charge is 0.548 e. The van der Waals surface area contributed by atoms with Crippen molar-refractivity contribution >= 4 is 38.4 Å². The number of hydrogen-bond donors (Lipinski definition) is 0. The van der Waals surface area contributed by atoms with E-state index in [1.54, 1.807) is 30.3 Å². The monoisotopic (exact) mass is 338 g/mol. The van der Waals surface area contributed by atoms with Gasteiger partial charge in [0.05, 0.1) is 16.9 Å². The van der Waals surface area contributed by atoms with Crippen LogP contribution in [0.5, 0.6) is 0 Å². The molecule has 0 aliphatic carbocycles. The molecule has 22 heavy (non-hydrogen) atoms. The van der Waals surface area contributed by atoms with Crippen molar-refractivity contribution in [2.45, 2.75) is 23.8 Å². The van der Waals surface area contributed by atoms with E-state index in [4.69, 9.17) is 11.6 Å². The molecule has 0 saturated carbocycles. The number of aliphatic carboxylic acids is 1. The molecule has 2 aromatic carbocycles. The third kappa shape index (κ3) is 2.37. The third-order valence-electron chi connectivity index (χ3n) is 3.88. The summed E-state index contributed by atoms with van der Waals surface area (Å²) in [5.41, 5.74) is 0. The van der Waals surface area contributed by atoms with E-state index in [0.29, 0.717) is 22.2 Å². The molecular formula is C15H13ClNO4S-. The fourth-order valence-corrected chi connectivity index (χ4v) is 5.09. The summed E-state index contributed by atoms with van der Waals surface area (Å²) < 4.78 is 26.8. The van der Waals surface area contributed by atoms with E-state index in [-0.39, 0.29) is 17.9 Å². The van der Waals surface area contributed by atoms with Gasteiger partial charge in [0.1, 0.15) is 0 Å². The number of rotatable bonds is 3. The van der Waals surface area contributed by atoms with Gasteiger partial charge in [0.15, 0.2) is 0 Å². The maximum Gasteiger partial charge on any atom is 0.244 e. The van der Waals surface area contributed by atoms with E-state index >= 15 is 0 Å². The van der Waals surface area contributed by atoms with Crippen LogP contribution in [0.4, 0.5) is 0 Å². The number of nitrogens with zero attached hydrogens (tertiary/aromatic N) is 1. The number of carbonyl (C=O) groups excluding carboxylic acids is 1. The van der Waals surface area contributed by atoms with Crippen molar-refractivity contribution in [3.8, 4) is 0 Å². The number of hydrogen-bond acceptors (Lipinski definition) is 4. The zero-order valence-electron chi connectivity index (χ0n) is 11.5. The van der Waals surface area contributed by atoms with Gasteiger partial charge >= 0.3 is 0 Å². The van der Waals surface area contributed by atoms with Crippen LogP contribution in [0.15, 0.2) is 41.3 Å². The summed E-state index contributed by atoms with van der Waals surface area (Å²) in [7, 11) is -3.95. The lowest BCUT2D eigenvalue weighted by Crippen LogP contribution is -2.46. The Kier molecular flexibility index (Phi) is 3.84. The van der Waals surface area contributed by atoms with Gasteiger partial charge in [-0.05, 0) is 30.4 Å². The highest BCUT2D eigenvalue weighted by atomic mass is 35.5. The number of benzene rings is 2. The van der Waals surface area contributed by atoms with Crippen molar-refractivity contribution in [1.29, 1.82) is 0 Å². The molecule has 2 aromatic rings. The molecule has 0 spiro atoms. The van der Waals surface area contributed by atoms with Gasteiger partial charge in [-0.1, -0.05) is 35.9 Å². The summed E-state index contributed by atoms with van der Waals surface area (Å²) in [6, 6.07) is 8.83. The molecule has 0 N–H and O–H groups in total. The van der Waals surface area contributed by atoms with E-state index in [2.05, 4.69) is 0 Å². The number of carboxylic acids is 1. The fraction of sp³-hybridized carbons (Fsp3) is 0.267. The molecule has 0 amide bonds. The van der Waals surface area contributed by atoms with Crippen LogP contribution in [0.3, 0.4) is 0 Å². The first-order chi connectivity index (χ1) is 10.4. The first-order valence-corrected chi connectivity index (χ1v) is 8.64. The van der Waals surface area contributed by atoms with Gasteiger partial charge in [-0.2, -0.15) is 4.31 Å². The Morgan fingerprint density at radius 1 is 1.23 bits per heavy atom. The normalized spacial score (nSPS) is 19.6. The van der Waals surface area contributed by atoms with Crippen LogP contribution in [0.1, 0.15) is 12.8 Å². The van der Waals surface area contributed by atoms with E-state index in [0.717, 1.165) is 4.31 Å². The van der Waals surface area contributed by atoms with Crippen molar-refractivity contribution in [2.75, 3.05) is 6.54 Å². The molecule has 0 aromatic heterocycles. The molecule has 3 rings (SSSR count). The summed E-state index contributed by atoms with van der Waals surface area (Å²) in [5, 5.41) is 12.6. The first kappa shape index (κ1) is 15.3. The van der Waals surface area contributed by atoms with Crippen LogP contribution in [0.25, 0.3) is 10.8 Å². The number of fused-ring (bicyclic) bond motifs is 1. The van der Waals surface area contributed by atoms with Gasteiger partial charge in [-0.25, -0.2) is 8.42 Å². The van der Waals surface area contributed by atoms with Crippen LogP contribution in [-0.4, -0.2) is 31.3 Å². The zero-order chi connectivity index (χ0) is 15.9. The van der Waals surface area contributed by atoms with E-state index < -0.39 is 22.0 Å². The van der Waals surface area contributed by atoms with Crippen LogP contribution >= 0.6 is 11.6 Å². The van der Waals surface area contributed by atoms with Gasteiger partial charge in [-0.15, -0.1) is 0 Å². The molecule has 0 radical (unpaired) electrons. The average molecular weight is 339 g/mol. The molecule has 116 valence electrons. The van der Waals surface area contributed by atoms with Gasteiger partial charge in [0.2, 0.25) is 10.0 Å². The molecular weight excluding hydrogens is 326 g/mol. The number of carboxylic acid groups (broad SMARTS) is 1. The zero-order valence-corrected chi connectivity index (χ0v) is 13.1. The van der Waals surface area contributed by atoms with Gasteiger partial charge in [0, 0.05) is 17.0 Å². The smallest absolute Gasteiger partial charge is 0.244 e. The second-order valence-corrected chi connectivity index (χ2v) is 7.45. The lowest BCUT2D eigenvalue weighted by molar-refractivity contribution is -0.309.